The number of rotatable bonds is 2. The maximum absolute atomic E-state index is 11.3. The number of amides is 1. The van der Waals surface area contributed by atoms with Gasteiger partial charge in [-0.05, 0) is 31.0 Å². The summed E-state index contributed by atoms with van der Waals surface area (Å²) in [7, 11) is 0. The molecule has 3 N–H and O–H groups in total. The highest BCUT2D eigenvalue weighted by molar-refractivity contribution is 6.06. The van der Waals surface area contributed by atoms with Crippen LogP contribution in [0.5, 0.6) is 0 Å². The van der Waals surface area contributed by atoms with Crippen molar-refractivity contribution in [2.45, 2.75) is 26.7 Å². The molecule has 0 radical (unpaired) electrons. The average Bonchev–Trinajstić information content (AvgIpc) is 2.30. The third-order valence-electron chi connectivity index (χ3n) is 3.14. The van der Waals surface area contributed by atoms with E-state index in [2.05, 4.69) is 17.5 Å². The number of benzene rings is 1. The number of carbonyl (C=O) groups is 1. The number of anilines is 1. The molecule has 0 aromatic heterocycles. The molecule has 1 aliphatic heterocycles. The van der Waals surface area contributed by atoms with Crippen LogP contribution >= 0.6 is 0 Å². The summed E-state index contributed by atoms with van der Waals surface area (Å²) in [6.45, 7) is 4.09. The zero-order valence-electron chi connectivity index (χ0n) is 10.2. The molecule has 4 nitrogen and oxygen atoms in total. The van der Waals surface area contributed by atoms with Crippen molar-refractivity contribution >= 4 is 17.3 Å². The van der Waals surface area contributed by atoms with E-state index in [9.17, 15) is 4.79 Å². The van der Waals surface area contributed by atoms with Gasteiger partial charge in [-0.1, -0.05) is 13.0 Å². The van der Waals surface area contributed by atoms with Crippen molar-refractivity contribution in [1.82, 2.24) is 5.43 Å². The van der Waals surface area contributed by atoms with Crippen LogP contribution in [-0.2, 0) is 4.79 Å². The minimum atomic E-state index is -0.00584. The molecule has 1 unspecified atom stereocenters. The second-order valence-electron chi connectivity index (χ2n) is 4.42. The average molecular weight is 231 g/mol. The van der Waals surface area contributed by atoms with Crippen molar-refractivity contribution in [1.29, 1.82) is 0 Å². The molecule has 1 aliphatic rings. The number of nitrogen functional groups attached to an aromatic ring is 1. The number of nitrogens with zero attached hydrogens (tertiary/aromatic N) is 1. The molecule has 1 atom stereocenters. The lowest BCUT2D eigenvalue weighted by Gasteiger charge is -2.22. The fraction of sp³-hybridized carbons (Fsp3) is 0.385. The Morgan fingerprint density at radius 1 is 1.53 bits per heavy atom. The number of nitrogens with one attached hydrogen (secondary N) is 1. The Morgan fingerprint density at radius 3 is 2.94 bits per heavy atom. The highest BCUT2D eigenvalue weighted by Gasteiger charge is 2.24. The molecule has 0 aliphatic carbocycles. The molecule has 0 saturated heterocycles. The molecule has 1 aromatic rings. The monoisotopic (exact) mass is 231 g/mol. The van der Waals surface area contributed by atoms with Gasteiger partial charge in [0.15, 0.2) is 0 Å². The van der Waals surface area contributed by atoms with Crippen LogP contribution in [-0.4, -0.2) is 11.6 Å². The minimum absolute atomic E-state index is 0.00584. The quantitative estimate of drug-likeness (QED) is 0.762. The summed E-state index contributed by atoms with van der Waals surface area (Å²) in [4.78, 5) is 11.3. The van der Waals surface area contributed by atoms with Crippen LogP contribution in [0.4, 0.5) is 5.69 Å². The van der Waals surface area contributed by atoms with E-state index in [-0.39, 0.29) is 11.8 Å². The van der Waals surface area contributed by atoms with E-state index in [1.807, 2.05) is 25.1 Å². The molecule has 1 amide bonds. The van der Waals surface area contributed by atoms with Gasteiger partial charge in [0.25, 0.3) is 0 Å². The standard InChI is InChI=1S/C13H17N3O/c1-3-9-7-12(17)15-16-13(9)11-5-4-10(14)6-8(11)2/h4-6,9H,3,7,14H2,1-2H3,(H,15,17). The van der Waals surface area contributed by atoms with Gasteiger partial charge >= 0.3 is 0 Å². The Bertz CT molecular complexity index is 480. The smallest absolute Gasteiger partial charge is 0.240 e. The van der Waals surface area contributed by atoms with Crippen molar-refractivity contribution in [3.63, 3.8) is 0 Å². The maximum atomic E-state index is 11.3. The molecular formula is C13H17N3O. The van der Waals surface area contributed by atoms with Gasteiger partial charge in [0.2, 0.25) is 5.91 Å². The third-order valence-corrected chi connectivity index (χ3v) is 3.14. The van der Waals surface area contributed by atoms with Gasteiger partial charge in [-0.15, -0.1) is 0 Å². The van der Waals surface area contributed by atoms with Crippen molar-refractivity contribution in [2.24, 2.45) is 11.0 Å². The summed E-state index contributed by atoms with van der Waals surface area (Å²) in [5.74, 6) is 0.194. The zero-order chi connectivity index (χ0) is 12.4. The number of carbonyl (C=O) groups excluding carboxylic acids is 1. The Labute approximate surface area is 101 Å². The van der Waals surface area contributed by atoms with E-state index < -0.39 is 0 Å². The van der Waals surface area contributed by atoms with Gasteiger partial charge in [-0.3, -0.25) is 4.79 Å². The van der Waals surface area contributed by atoms with Gasteiger partial charge < -0.3 is 5.73 Å². The first-order valence-electron chi connectivity index (χ1n) is 5.84. The van der Waals surface area contributed by atoms with E-state index in [1.165, 1.54) is 0 Å². The number of hydrogen-bond acceptors (Lipinski definition) is 3. The summed E-state index contributed by atoms with van der Waals surface area (Å²) in [5.41, 5.74) is 12.2. The van der Waals surface area contributed by atoms with Crippen LogP contribution in [0.15, 0.2) is 23.3 Å². The SMILES string of the molecule is CCC1CC(=O)NN=C1c1ccc(N)cc1C. The van der Waals surface area contributed by atoms with Crippen molar-refractivity contribution in [3.8, 4) is 0 Å². The summed E-state index contributed by atoms with van der Waals surface area (Å²) in [6.07, 6.45) is 1.43. The lowest BCUT2D eigenvalue weighted by Crippen LogP contribution is -2.33. The van der Waals surface area contributed by atoms with Gasteiger partial charge in [-0.2, -0.15) is 5.10 Å². The second-order valence-corrected chi connectivity index (χ2v) is 4.42. The number of hydrazone groups is 1. The lowest BCUT2D eigenvalue weighted by atomic mass is 9.88. The fourth-order valence-corrected chi connectivity index (χ4v) is 2.17. The van der Waals surface area contributed by atoms with Crippen molar-refractivity contribution < 1.29 is 4.79 Å². The van der Waals surface area contributed by atoms with E-state index >= 15 is 0 Å². The Balaban J connectivity index is 2.41. The third kappa shape index (κ3) is 2.30. The fourth-order valence-electron chi connectivity index (χ4n) is 2.17. The van der Waals surface area contributed by atoms with E-state index in [4.69, 9.17) is 5.73 Å². The second kappa shape index (κ2) is 4.57. The zero-order valence-corrected chi connectivity index (χ0v) is 10.2. The summed E-state index contributed by atoms with van der Waals surface area (Å²) >= 11 is 0. The summed E-state index contributed by atoms with van der Waals surface area (Å²) in [5, 5.41) is 4.20. The van der Waals surface area contributed by atoms with Gasteiger partial charge in [-0.25, -0.2) is 5.43 Å². The summed E-state index contributed by atoms with van der Waals surface area (Å²) < 4.78 is 0. The van der Waals surface area contributed by atoms with Crippen LogP contribution in [0.1, 0.15) is 30.9 Å². The number of aryl methyl sites for hydroxylation is 1. The number of nitrogens with two attached hydrogens (primary N) is 1. The molecule has 4 heteroatoms. The Hall–Kier alpha value is -1.84. The molecule has 90 valence electrons. The van der Waals surface area contributed by atoms with Gasteiger partial charge in [0, 0.05) is 23.6 Å². The Kier molecular flexibility index (Phi) is 3.13. The van der Waals surface area contributed by atoms with Crippen LogP contribution in [0.2, 0.25) is 0 Å². The highest BCUT2D eigenvalue weighted by Crippen LogP contribution is 2.23. The predicted octanol–water partition coefficient (Wildman–Crippen LogP) is 1.83. The lowest BCUT2D eigenvalue weighted by molar-refractivity contribution is -0.122. The molecule has 17 heavy (non-hydrogen) atoms. The maximum Gasteiger partial charge on any atom is 0.240 e. The van der Waals surface area contributed by atoms with E-state index in [0.29, 0.717) is 6.42 Å². The van der Waals surface area contributed by atoms with Crippen LogP contribution < -0.4 is 11.2 Å². The molecule has 0 bridgehead atoms. The number of hydrogen-bond donors (Lipinski definition) is 2. The molecule has 0 spiro atoms. The first-order valence-corrected chi connectivity index (χ1v) is 5.84. The van der Waals surface area contributed by atoms with Crippen molar-refractivity contribution in [2.75, 3.05) is 5.73 Å². The molecular weight excluding hydrogens is 214 g/mol. The first kappa shape index (κ1) is 11.6. The molecule has 1 heterocycles. The summed E-state index contributed by atoms with van der Waals surface area (Å²) in [6, 6.07) is 5.78. The van der Waals surface area contributed by atoms with Crippen molar-refractivity contribution in [3.05, 3.63) is 29.3 Å². The minimum Gasteiger partial charge on any atom is -0.399 e. The molecule has 0 fully saturated rings. The van der Waals surface area contributed by atoms with Gasteiger partial charge in [0.1, 0.15) is 0 Å². The molecule has 0 saturated carbocycles. The van der Waals surface area contributed by atoms with Gasteiger partial charge in [0.05, 0.1) is 5.71 Å². The molecule has 1 aromatic carbocycles. The van der Waals surface area contributed by atoms with Crippen LogP contribution in [0.3, 0.4) is 0 Å². The predicted molar refractivity (Wildman–Crippen MR) is 68.7 cm³/mol. The van der Waals surface area contributed by atoms with Crippen LogP contribution in [0, 0.1) is 12.8 Å². The molecule has 2 rings (SSSR count). The van der Waals surface area contributed by atoms with E-state index in [1.54, 1.807) is 0 Å². The topological polar surface area (TPSA) is 67.5 Å². The largest absolute Gasteiger partial charge is 0.399 e. The highest BCUT2D eigenvalue weighted by atomic mass is 16.2. The first-order chi connectivity index (χ1) is 8.11. The van der Waals surface area contributed by atoms with E-state index in [0.717, 1.165) is 28.9 Å². The normalized spacial score (nSPS) is 19.8. The Morgan fingerprint density at radius 2 is 2.29 bits per heavy atom. The van der Waals surface area contributed by atoms with Crippen LogP contribution in [0.25, 0.3) is 0 Å².